The third-order valence-electron chi connectivity index (χ3n) is 6.32. The average molecular weight is 524 g/mol. The summed E-state index contributed by atoms with van der Waals surface area (Å²) in [5, 5.41) is 16.5. The topological polar surface area (TPSA) is 80.9 Å². The fourth-order valence-corrected chi connectivity index (χ4v) is 5.12. The van der Waals surface area contributed by atoms with Crippen LogP contribution in [-0.4, -0.2) is 39.4 Å². The van der Waals surface area contributed by atoms with Crippen molar-refractivity contribution in [2.45, 2.75) is 31.4 Å². The van der Waals surface area contributed by atoms with Gasteiger partial charge in [-0.25, -0.2) is 4.68 Å². The van der Waals surface area contributed by atoms with Crippen LogP contribution in [0.3, 0.4) is 0 Å². The lowest BCUT2D eigenvalue weighted by molar-refractivity contribution is -0.118. The first-order valence-corrected chi connectivity index (χ1v) is 13.3. The number of nitrogens with one attached hydrogen (secondary N) is 1. The van der Waals surface area contributed by atoms with Gasteiger partial charge < -0.3 is 10.1 Å². The van der Waals surface area contributed by atoms with E-state index in [-0.39, 0.29) is 11.2 Å². The fraction of sp³-hybridized carbons (Fsp3) is 0.200. The Morgan fingerprint density at radius 3 is 2.47 bits per heavy atom. The summed E-state index contributed by atoms with van der Waals surface area (Å²) in [4.78, 5) is 12.6. The Morgan fingerprint density at radius 1 is 1.05 bits per heavy atom. The monoisotopic (exact) mass is 523 g/mol. The van der Waals surface area contributed by atoms with Gasteiger partial charge in [-0.3, -0.25) is 4.79 Å². The number of amides is 1. The summed E-state index contributed by atoms with van der Waals surface area (Å²) in [6, 6.07) is 26.1. The normalized spacial score (nSPS) is 16.5. The van der Waals surface area contributed by atoms with Gasteiger partial charge in [0.25, 0.3) is 0 Å². The first kappa shape index (κ1) is 25.5. The molecular weight excluding hydrogens is 494 g/mol. The first-order chi connectivity index (χ1) is 18.5. The van der Waals surface area contributed by atoms with Crippen molar-refractivity contribution in [2.24, 2.45) is 10.2 Å². The highest BCUT2D eigenvalue weighted by molar-refractivity contribution is 8.15. The number of hydrogen-bond acceptors (Lipinski definition) is 6. The van der Waals surface area contributed by atoms with Crippen molar-refractivity contribution in [3.8, 4) is 22.7 Å². The van der Waals surface area contributed by atoms with Crippen LogP contribution >= 0.6 is 11.8 Å². The van der Waals surface area contributed by atoms with Gasteiger partial charge in [-0.15, -0.1) is 5.10 Å². The third kappa shape index (κ3) is 5.86. The molecule has 1 aliphatic heterocycles. The largest absolute Gasteiger partial charge is 0.497 e. The number of aromatic nitrogens is 2. The van der Waals surface area contributed by atoms with E-state index in [0.29, 0.717) is 17.5 Å². The Kier molecular flexibility index (Phi) is 7.70. The minimum Gasteiger partial charge on any atom is -0.497 e. The van der Waals surface area contributed by atoms with Gasteiger partial charge in [0.05, 0.1) is 24.3 Å². The van der Waals surface area contributed by atoms with Crippen molar-refractivity contribution in [1.82, 2.24) is 15.1 Å². The fourth-order valence-electron chi connectivity index (χ4n) is 4.15. The molecule has 38 heavy (non-hydrogen) atoms. The molecule has 0 radical (unpaired) electrons. The summed E-state index contributed by atoms with van der Waals surface area (Å²) >= 11 is 1.41. The van der Waals surface area contributed by atoms with Crippen LogP contribution in [0.25, 0.3) is 16.9 Å². The van der Waals surface area contributed by atoms with Gasteiger partial charge in [-0.1, -0.05) is 68.1 Å². The summed E-state index contributed by atoms with van der Waals surface area (Å²) < 4.78 is 7.11. The molecule has 1 atom stereocenters. The van der Waals surface area contributed by atoms with E-state index < -0.39 is 0 Å². The lowest BCUT2D eigenvalue weighted by atomic mass is 10.0. The maximum Gasteiger partial charge on any atom is 0.239 e. The Bertz CT molecular complexity index is 1460. The lowest BCUT2D eigenvalue weighted by Gasteiger charge is -2.08. The maximum absolute atomic E-state index is 12.6. The second-order valence-electron chi connectivity index (χ2n) is 9.29. The zero-order valence-electron chi connectivity index (χ0n) is 21.5. The van der Waals surface area contributed by atoms with Crippen LogP contribution in [0.1, 0.15) is 36.5 Å². The van der Waals surface area contributed by atoms with Crippen molar-refractivity contribution < 1.29 is 9.53 Å². The molecule has 8 heteroatoms. The first-order valence-electron chi connectivity index (χ1n) is 12.5. The highest BCUT2D eigenvalue weighted by Gasteiger charge is 2.30. The zero-order valence-corrected chi connectivity index (χ0v) is 22.4. The number of rotatable bonds is 8. The number of benzene rings is 3. The van der Waals surface area contributed by atoms with Crippen LogP contribution < -0.4 is 10.1 Å². The predicted molar refractivity (Wildman–Crippen MR) is 154 cm³/mol. The number of thioether (sulfide) groups is 1. The van der Waals surface area contributed by atoms with E-state index in [0.717, 1.165) is 33.8 Å². The molecule has 192 valence electrons. The van der Waals surface area contributed by atoms with Gasteiger partial charge in [-0.2, -0.15) is 10.2 Å². The van der Waals surface area contributed by atoms with Crippen molar-refractivity contribution in [2.75, 3.05) is 7.11 Å². The van der Waals surface area contributed by atoms with Gasteiger partial charge in [0.15, 0.2) is 5.17 Å². The van der Waals surface area contributed by atoms with Gasteiger partial charge in [0.1, 0.15) is 11.4 Å². The SMILES string of the molecule is COc1ccc(-c2nn(-c3ccccc3)cc2/C=N/N=C2\NC(=O)C(Cc3ccc(C(C)C)cc3)S2)cc1. The Labute approximate surface area is 226 Å². The third-order valence-corrected chi connectivity index (χ3v) is 7.39. The molecule has 5 rings (SSSR count). The molecule has 0 bridgehead atoms. The smallest absolute Gasteiger partial charge is 0.239 e. The van der Waals surface area contributed by atoms with Crippen LogP contribution in [0.2, 0.25) is 0 Å². The lowest BCUT2D eigenvalue weighted by Crippen LogP contribution is -2.25. The average Bonchev–Trinajstić information content (AvgIpc) is 3.52. The van der Waals surface area contributed by atoms with Crippen molar-refractivity contribution in [1.29, 1.82) is 0 Å². The number of nitrogens with zero attached hydrogens (tertiary/aromatic N) is 4. The van der Waals surface area contributed by atoms with Gasteiger partial charge in [0, 0.05) is 17.3 Å². The van der Waals surface area contributed by atoms with Crippen molar-refractivity contribution >= 4 is 29.1 Å². The van der Waals surface area contributed by atoms with Crippen LogP contribution in [0.15, 0.2) is 95.3 Å². The Balaban J connectivity index is 1.34. The molecule has 3 aromatic carbocycles. The molecule has 4 aromatic rings. The van der Waals surface area contributed by atoms with E-state index in [4.69, 9.17) is 9.84 Å². The van der Waals surface area contributed by atoms with E-state index >= 15 is 0 Å². The predicted octanol–water partition coefficient (Wildman–Crippen LogP) is 5.84. The molecule has 2 heterocycles. The second kappa shape index (κ2) is 11.5. The molecule has 7 nitrogen and oxygen atoms in total. The summed E-state index contributed by atoms with van der Waals surface area (Å²) in [7, 11) is 1.64. The van der Waals surface area contributed by atoms with E-state index in [2.05, 4.69) is 53.6 Å². The summed E-state index contributed by atoms with van der Waals surface area (Å²) in [6.45, 7) is 4.34. The highest BCUT2D eigenvalue weighted by atomic mass is 32.2. The van der Waals surface area contributed by atoms with Crippen LogP contribution in [-0.2, 0) is 11.2 Å². The molecule has 1 amide bonds. The number of para-hydroxylation sites is 1. The van der Waals surface area contributed by atoms with E-state index in [9.17, 15) is 4.79 Å². The molecule has 0 saturated carbocycles. The van der Waals surface area contributed by atoms with Gasteiger partial charge in [-0.05, 0) is 59.9 Å². The molecule has 1 N–H and O–H groups in total. The number of amidine groups is 1. The van der Waals surface area contributed by atoms with E-state index in [1.165, 1.54) is 17.3 Å². The minimum atomic E-state index is -0.232. The number of hydrogen-bond donors (Lipinski definition) is 1. The molecule has 1 aromatic heterocycles. The molecule has 1 unspecified atom stereocenters. The number of ether oxygens (including phenoxy) is 1. The van der Waals surface area contributed by atoms with Crippen LogP contribution in [0.5, 0.6) is 5.75 Å². The standard InChI is InChI=1S/C30H29N5O2S/c1-20(2)22-11-9-21(10-12-22)17-27-29(36)32-30(38-27)33-31-18-24-19-35(25-7-5-4-6-8-25)34-28(24)23-13-15-26(37-3)16-14-23/h4-16,18-20,27H,17H2,1-3H3,(H,32,33,36)/b31-18+. The van der Waals surface area contributed by atoms with Crippen LogP contribution in [0.4, 0.5) is 0 Å². The Hall–Kier alpha value is -4.17. The zero-order chi connectivity index (χ0) is 26.5. The molecule has 0 aliphatic carbocycles. The molecular formula is C30H29N5O2S. The molecule has 0 spiro atoms. The van der Waals surface area contributed by atoms with Gasteiger partial charge >= 0.3 is 0 Å². The Morgan fingerprint density at radius 2 is 1.79 bits per heavy atom. The number of carbonyl (C=O) groups is 1. The number of methoxy groups -OCH3 is 1. The van der Waals surface area contributed by atoms with Gasteiger partial charge in [0.2, 0.25) is 5.91 Å². The van der Waals surface area contributed by atoms with E-state index in [1.54, 1.807) is 13.3 Å². The summed E-state index contributed by atoms with van der Waals surface area (Å²) in [5.41, 5.74) is 5.87. The van der Waals surface area contributed by atoms with E-state index in [1.807, 2.05) is 65.5 Å². The minimum absolute atomic E-state index is 0.0484. The van der Waals surface area contributed by atoms with Crippen LogP contribution in [0, 0.1) is 0 Å². The molecule has 1 fully saturated rings. The second-order valence-corrected chi connectivity index (χ2v) is 10.5. The van der Waals surface area contributed by atoms with Crippen molar-refractivity contribution in [3.05, 3.63) is 102 Å². The highest BCUT2D eigenvalue weighted by Crippen LogP contribution is 2.26. The maximum atomic E-state index is 12.6. The number of carbonyl (C=O) groups excluding carboxylic acids is 1. The molecule has 1 saturated heterocycles. The summed E-state index contributed by atoms with van der Waals surface area (Å²) in [6.07, 6.45) is 4.23. The summed E-state index contributed by atoms with van der Waals surface area (Å²) in [5.74, 6) is 1.21. The quantitative estimate of drug-likeness (QED) is 0.233. The van der Waals surface area contributed by atoms with Crippen molar-refractivity contribution in [3.63, 3.8) is 0 Å². The molecule has 1 aliphatic rings.